The predicted octanol–water partition coefficient (Wildman–Crippen LogP) is 2.62. The molecule has 0 aliphatic heterocycles. The molecule has 108 valence electrons. The fourth-order valence-corrected chi connectivity index (χ4v) is 1.95. The third-order valence-electron chi connectivity index (χ3n) is 2.62. The van der Waals surface area contributed by atoms with Gasteiger partial charge in [0.1, 0.15) is 23.9 Å². The zero-order valence-corrected chi connectivity index (χ0v) is 12.3. The molecule has 0 saturated heterocycles. The summed E-state index contributed by atoms with van der Waals surface area (Å²) in [7, 11) is 0. The maximum absolute atomic E-state index is 10.7. The van der Waals surface area contributed by atoms with E-state index in [0.29, 0.717) is 15.9 Å². The molecule has 0 radical (unpaired) electrons. The summed E-state index contributed by atoms with van der Waals surface area (Å²) in [5, 5.41) is 18.1. The second kappa shape index (κ2) is 6.31. The van der Waals surface area contributed by atoms with Crippen LogP contribution in [0.1, 0.15) is 11.3 Å². The van der Waals surface area contributed by atoms with Crippen molar-refractivity contribution in [3.63, 3.8) is 0 Å². The summed E-state index contributed by atoms with van der Waals surface area (Å²) >= 11 is 3.28. The van der Waals surface area contributed by atoms with Gasteiger partial charge in [-0.2, -0.15) is 0 Å². The van der Waals surface area contributed by atoms with E-state index < -0.39 is 4.92 Å². The SMILES string of the molecule is N=C(N)c1cc(COc2cc([N+](=O)[O-])ccc2Br)ccn1. The van der Waals surface area contributed by atoms with Crippen molar-refractivity contribution in [1.82, 2.24) is 4.98 Å². The lowest BCUT2D eigenvalue weighted by Gasteiger charge is -2.08. The number of amidine groups is 1. The van der Waals surface area contributed by atoms with Gasteiger partial charge in [-0.25, -0.2) is 0 Å². The number of aromatic nitrogens is 1. The van der Waals surface area contributed by atoms with Crippen molar-refractivity contribution in [2.45, 2.75) is 6.61 Å². The van der Waals surface area contributed by atoms with Gasteiger partial charge >= 0.3 is 0 Å². The van der Waals surface area contributed by atoms with Gasteiger partial charge in [0.15, 0.2) is 0 Å². The molecule has 0 bridgehead atoms. The molecule has 1 aromatic carbocycles. The Bertz CT molecular complexity index is 706. The van der Waals surface area contributed by atoms with Gasteiger partial charge in [0.2, 0.25) is 0 Å². The van der Waals surface area contributed by atoms with Crippen LogP contribution >= 0.6 is 15.9 Å². The highest BCUT2D eigenvalue weighted by atomic mass is 79.9. The highest BCUT2D eigenvalue weighted by Gasteiger charge is 2.11. The summed E-state index contributed by atoms with van der Waals surface area (Å²) in [4.78, 5) is 14.2. The van der Waals surface area contributed by atoms with E-state index in [1.54, 1.807) is 18.2 Å². The number of pyridine rings is 1. The number of hydrogen-bond acceptors (Lipinski definition) is 5. The van der Waals surface area contributed by atoms with Crippen molar-refractivity contribution in [1.29, 1.82) is 5.41 Å². The van der Waals surface area contributed by atoms with Crippen LogP contribution in [0, 0.1) is 15.5 Å². The largest absolute Gasteiger partial charge is 0.487 e. The van der Waals surface area contributed by atoms with Crippen molar-refractivity contribution in [2.24, 2.45) is 5.73 Å². The average Bonchev–Trinajstić information content (AvgIpc) is 2.46. The number of nitrogens with one attached hydrogen (secondary N) is 1. The van der Waals surface area contributed by atoms with Crippen molar-refractivity contribution in [3.05, 3.63) is 62.4 Å². The molecule has 8 heteroatoms. The number of benzene rings is 1. The Morgan fingerprint density at radius 2 is 2.19 bits per heavy atom. The van der Waals surface area contributed by atoms with Crippen molar-refractivity contribution in [2.75, 3.05) is 0 Å². The molecule has 0 amide bonds. The molecule has 0 aliphatic rings. The van der Waals surface area contributed by atoms with Crippen LogP contribution in [-0.2, 0) is 6.61 Å². The highest BCUT2D eigenvalue weighted by Crippen LogP contribution is 2.29. The maximum atomic E-state index is 10.7. The molecule has 0 fully saturated rings. The summed E-state index contributed by atoms with van der Waals surface area (Å²) in [6.07, 6.45) is 1.53. The van der Waals surface area contributed by atoms with Crippen LogP contribution in [0.15, 0.2) is 41.0 Å². The lowest BCUT2D eigenvalue weighted by atomic mass is 10.2. The van der Waals surface area contributed by atoms with E-state index in [0.717, 1.165) is 5.56 Å². The van der Waals surface area contributed by atoms with Crippen LogP contribution in [0.5, 0.6) is 5.75 Å². The number of nitro benzene ring substituents is 1. The van der Waals surface area contributed by atoms with E-state index in [9.17, 15) is 10.1 Å². The molecule has 7 nitrogen and oxygen atoms in total. The fraction of sp³-hybridized carbons (Fsp3) is 0.0769. The number of hydrogen-bond donors (Lipinski definition) is 2. The van der Waals surface area contributed by atoms with Crippen LogP contribution in [0.2, 0.25) is 0 Å². The van der Waals surface area contributed by atoms with Gasteiger partial charge in [-0.05, 0) is 39.7 Å². The van der Waals surface area contributed by atoms with Crippen LogP contribution in [-0.4, -0.2) is 15.7 Å². The molecule has 2 rings (SSSR count). The standard InChI is InChI=1S/C13H11BrN4O3/c14-10-2-1-9(18(19)20)6-12(10)21-7-8-3-4-17-11(5-8)13(15)16/h1-6H,7H2,(H3,15,16). The molecule has 0 saturated carbocycles. The Hall–Kier alpha value is -2.48. The second-order valence-corrected chi connectivity index (χ2v) is 4.98. The number of nitrogens with zero attached hydrogens (tertiary/aromatic N) is 2. The van der Waals surface area contributed by atoms with Gasteiger partial charge in [0, 0.05) is 12.3 Å². The maximum Gasteiger partial charge on any atom is 0.273 e. The Morgan fingerprint density at radius 1 is 1.43 bits per heavy atom. The third-order valence-corrected chi connectivity index (χ3v) is 3.28. The van der Waals surface area contributed by atoms with Gasteiger partial charge in [-0.1, -0.05) is 0 Å². The summed E-state index contributed by atoms with van der Waals surface area (Å²) in [6, 6.07) is 7.64. The minimum absolute atomic E-state index is 0.0487. The third kappa shape index (κ3) is 3.76. The number of halogens is 1. The van der Waals surface area contributed by atoms with Gasteiger partial charge in [0.25, 0.3) is 5.69 Å². The molecule has 0 spiro atoms. The number of nitro groups is 1. The first kappa shape index (κ1) is 14.9. The molecule has 0 atom stereocenters. The van der Waals surface area contributed by atoms with Crippen molar-refractivity contribution < 1.29 is 9.66 Å². The molecule has 21 heavy (non-hydrogen) atoms. The number of rotatable bonds is 5. The van der Waals surface area contributed by atoms with Gasteiger partial charge in [-0.3, -0.25) is 20.5 Å². The Kier molecular flexibility index (Phi) is 4.49. The minimum Gasteiger partial charge on any atom is -0.487 e. The smallest absolute Gasteiger partial charge is 0.273 e. The van der Waals surface area contributed by atoms with E-state index in [2.05, 4.69) is 20.9 Å². The summed E-state index contributed by atoms with van der Waals surface area (Å²) in [5.41, 5.74) is 6.43. The summed E-state index contributed by atoms with van der Waals surface area (Å²) in [5.74, 6) is 0.235. The Labute approximate surface area is 128 Å². The molecular formula is C13H11BrN4O3. The zero-order valence-electron chi connectivity index (χ0n) is 10.7. The van der Waals surface area contributed by atoms with E-state index in [1.807, 2.05) is 0 Å². The molecule has 0 aliphatic carbocycles. The molecule has 1 aromatic heterocycles. The monoisotopic (exact) mass is 350 g/mol. The molecule has 0 unspecified atom stereocenters. The van der Waals surface area contributed by atoms with Crippen molar-refractivity contribution in [3.8, 4) is 5.75 Å². The fourth-order valence-electron chi connectivity index (χ4n) is 1.59. The molecular weight excluding hydrogens is 340 g/mol. The van der Waals surface area contributed by atoms with Crippen molar-refractivity contribution >= 4 is 27.5 Å². The van der Waals surface area contributed by atoms with E-state index in [-0.39, 0.29) is 18.1 Å². The predicted molar refractivity (Wildman–Crippen MR) is 80.4 cm³/mol. The lowest BCUT2D eigenvalue weighted by Crippen LogP contribution is -2.13. The van der Waals surface area contributed by atoms with Crippen LogP contribution in [0.25, 0.3) is 0 Å². The zero-order chi connectivity index (χ0) is 15.4. The summed E-state index contributed by atoms with van der Waals surface area (Å²) in [6.45, 7) is 0.183. The van der Waals surface area contributed by atoms with Crippen LogP contribution < -0.4 is 10.5 Å². The molecule has 3 N–H and O–H groups in total. The van der Waals surface area contributed by atoms with Crippen LogP contribution in [0.4, 0.5) is 5.69 Å². The number of ether oxygens (including phenoxy) is 1. The van der Waals surface area contributed by atoms with E-state index in [1.165, 1.54) is 18.3 Å². The first-order valence-electron chi connectivity index (χ1n) is 5.83. The highest BCUT2D eigenvalue weighted by molar-refractivity contribution is 9.10. The Morgan fingerprint density at radius 3 is 2.86 bits per heavy atom. The van der Waals surface area contributed by atoms with Crippen LogP contribution in [0.3, 0.4) is 0 Å². The van der Waals surface area contributed by atoms with E-state index in [4.69, 9.17) is 15.9 Å². The second-order valence-electron chi connectivity index (χ2n) is 4.12. The first-order chi connectivity index (χ1) is 9.97. The molecule has 1 heterocycles. The van der Waals surface area contributed by atoms with Gasteiger partial charge in [-0.15, -0.1) is 0 Å². The van der Waals surface area contributed by atoms with E-state index >= 15 is 0 Å². The van der Waals surface area contributed by atoms with Gasteiger partial charge < -0.3 is 10.5 Å². The topological polar surface area (TPSA) is 115 Å². The quantitative estimate of drug-likeness (QED) is 0.372. The number of non-ortho nitro benzene ring substituents is 1. The molecule has 2 aromatic rings. The summed E-state index contributed by atoms with van der Waals surface area (Å²) < 4.78 is 6.18. The lowest BCUT2D eigenvalue weighted by molar-refractivity contribution is -0.385. The van der Waals surface area contributed by atoms with Gasteiger partial charge in [0.05, 0.1) is 15.5 Å². The minimum atomic E-state index is -0.487. The first-order valence-corrected chi connectivity index (χ1v) is 6.62. The normalized spacial score (nSPS) is 10.1. The average molecular weight is 351 g/mol. The number of nitrogen functional groups attached to an aromatic ring is 1. The number of nitrogens with two attached hydrogens (primary N) is 1. The Balaban J connectivity index is 2.16.